The van der Waals surface area contributed by atoms with Crippen LogP contribution in [0.4, 0.5) is 0 Å². The summed E-state index contributed by atoms with van der Waals surface area (Å²) in [4.78, 5) is 0.235. The van der Waals surface area contributed by atoms with Gasteiger partial charge in [-0.1, -0.05) is 33.6 Å². The topological polar surface area (TPSA) is 52.0 Å². The van der Waals surface area contributed by atoms with E-state index in [1.165, 1.54) is 0 Å². The molecule has 3 aromatic rings. The van der Waals surface area contributed by atoms with Crippen LogP contribution in [0.25, 0.3) is 10.9 Å². The maximum absolute atomic E-state index is 12.7. The molecule has 1 aromatic heterocycles. The third-order valence-electron chi connectivity index (χ3n) is 3.47. The van der Waals surface area contributed by atoms with Gasteiger partial charge in [-0.25, -0.2) is 0 Å². The second-order valence-electron chi connectivity index (χ2n) is 4.91. The Kier molecular flexibility index (Phi) is 3.37. The van der Waals surface area contributed by atoms with E-state index in [1.54, 1.807) is 36.5 Å². The Balaban J connectivity index is 2.25. The third kappa shape index (κ3) is 2.28. The molecule has 0 radical (unpaired) electrons. The fourth-order valence-electron chi connectivity index (χ4n) is 2.19. The zero-order valence-corrected chi connectivity index (χ0v) is 13.9. The van der Waals surface area contributed by atoms with Crippen molar-refractivity contribution in [3.8, 4) is 0 Å². The molecule has 0 amide bonds. The van der Waals surface area contributed by atoms with Crippen LogP contribution in [0.1, 0.15) is 11.1 Å². The smallest absolute Gasteiger partial charge is 0.199 e. The average Bonchev–Trinajstić information content (AvgIpc) is 2.89. The van der Waals surface area contributed by atoms with Gasteiger partial charge in [0.2, 0.25) is 0 Å². The zero-order valence-electron chi connectivity index (χ0n) is 11.5. The van der Waals surface area contributed by atoms with Crippen molar-refractivity contribution in [3.63, 3.8) is 0 Å². The molecule has 0 aliphatic heterocycles. The molecule has 1 heterocycles. The first-order chi connectivity index (χ1) is 9.91. The highest BCUT2D eigenvalue weighted by Gasteiger charge is 2.21. The normalized spacial score (nSPS) is 12.0. The number of benzene rings is 2. The standard InChI is InChI=1S/C15H13BrN2O2S/c1-10-3-5-12(6-4-10)21(19,20)18-15-8-7-14(16)11(2)13(15)9-17-18/h3-9H,1-2H3. The predicted molar refractivity (Wildman–Crippen MR) is 85.9 cm³/mol. The number of hydrogen-bond acceptors (Lipinski definition) is 3. The zero-order chi connectivity index (χ0) is 15.2. The number of nitrogens with zero attached hydrogens (tertiary/aromatic N) is 2. The summed E-state index contributed by atoms with van der Waals surface area (Å²) in [5.41, 5.74) is 2.56. The van der Waals surface area contributed by atoms with Crippen LogP contribution in [0.3, 0.4) is 0 Å². The van der Waals surface area contributed by atoms with Gasteiger partial charge in [0.1, 0.15) is 0 Å². The molecule has 0 saturated carbocycles. The Morgan fingerprint density at radius 2 is 1.71 bits per heavy atom. The van der Waals surface area contributed by atoms with Crippen molar-refractivity contribution in [3.05, 3.63) is 58.2 Å². The molecule has 108 valence electrons. The minimum atomic E-state index is -3.68. The van der Waals surface area contributed by atoms with Crippen molar-refractivity contribution in [1.29, 1.82) is 0 Å². The second-order valence-corrected chi connectivity index (χ2v) is 7.53. The number of aryl methyl sites for hydroxylation is 2. The molecule has 3 rings (SSSR count). The van der Waals surface area contributed by atoms with E-state index in [9.17, 15) is 8.42 Å². The van der Waals surface area contributed by atoms with Gasteiger partial charge in [0.15, 0.2) is 0 Å². The summed E-state index contributed by atoms with van der Waals surface area (Å²) < 4.78 is 27.4. The molecular weight excluding hydrogens is 352 g/mol. The first-order valence-corrected chi connectivity index (χ1v) is 8.59. The molecule has 0 N–H and O–H groups in total. The Morgan fingerprint density at radius 3 is 2.38 bits per heavy atom. The van der Waals surface area contributed by atoms with Crippen LogP contribution >= 0.6 is 15.9 Å². The Labute approximate surface area is 131 Å². The van der Waals surface area contributed by atoms with Crippen molar-refractivity contribution in [2.75, 3.05) is 0 Å². The molecule has 6 heteroatoms. The fraction of sp³-hybridized carbons (Fsp3) is 0.133. The molecule has 0 aliphatic carbocycles. The molecular formula is C15H13BrN2O2S. The highest BCUT2D eigenvalue weighted by atomic mass is 79.9. The van der Waals surface area contributed by atoms with Crippen molar-refractivity contribution >= 4 is 36.9 Å². The summed E-state index contributed by atoms with van der Waals surface area (Å²) in [6.45, 7) is 3.84. The Bertz CT molecular complexity index is 928. The number of aromatic nitrogens is 2. The van der Waals surface area contributed by atoms with Crippen molar-refractivity contribution in [1.82, 2.24) is 9.19 Å². The van der Waals surface area contributed by atoms with Crippen LogP contribution in [0.2, 0.25) is 0 Å². The van der Waals surface area contributed by atoms with Crippen LogP contribution in [0.15, 0.2) is 52.0 Å². The monoisotopic (exact) mass is 364 g/mol. The Morgan fingerprint density at radius 1 is 1.05 bits per heavy atom. The molecule has 0 aliphatic rings. The molecule has 0 atom stereocenters. The van der Waals surface area contributed by atoms with Gasteiger partial charge in [-0.15, -0.1) is 0 Å². The molecule has 0 fully saturated rings. The lowest BCUT2D eigenvalue weighted by molar-refractivity contribution is 0.582. The van der Waals surface area contributed by atoms with E-state index in [0.717, 1.165) is 25.1 Å². The highest BCUT2D eigenvalue weighted by molar-refractivity contribution is 9.10. The largest absolute Gasteiger partial charge is 0.283 e. The van der Waals surface area contributed by atoms with Gasteiger partial charge in [-0.2, -0.15) is 17.6 Å². The summed E-state index contributed by atoms with van der Waals surface area (Å²) in [6.07, 6.45) is 1.58. The molecule has 0 bridgehead atoms. The number of rotatable bonds is 2. The van der Waals surface area contributed by atoms with Gasteiger partial charge in [0, 0.05) is 9.86 Å². The van der Waals surface area contributed by atoms with Crippen LogP contribution in [-0.4, -0.2) is 17.6 Å². The summed E-state index contributed by atoms with van der Waals surface area (Å²) in [7, 11) is -3.68. The summed E-state index contributed by atoms with van der Waals surface area (Å²) in [5, 5.41) is 4.90. The lowest BCUT2D eigenvalue weighted by Gasteiger charge is -2.07. The van der Waals surface area contributed by atoms with E-state index in [0.29, 0.717) is 5.52 Å². The van der Waals surface area contributed by atoms with Gasteiger partial charge in [0.05, 0.1) is 16.6 Å². The van der Waals surface area contributed by atoms with E-state index < -0.39 is 10.0 Å². The molecule has 4 nitrogen and oxygen atoms in total. The summed E-state index contributed by atoms with van der Waals surface area (Å²) in [5.74, 6) is 0. The van der Waals surface area contributed by atoms with Gasteiger partial charge >= 0.3 is 0 Å². The number of fused-ring (bicyclic) bond motifs is 1. The van der Waals surface area contributed by atoms with Crippen molar-refractivity contribution < 1.29 is 8.42 Å². The third-order valence-corrected chi connectivity index (χ3v) is 5.94. The summed E-state index contributed by atoms with van der Waals surface area (Å²) in [6, 6.07) is 10.3. The molecule has 0 saturated heterocycles. The lowest BCUT2D eigenvalue weighted by Crippen LogP contribution is -2.14. The lowest BCUT2D eigenvalue weighted by atomic mass is 10.1. The maximum Gasteiger partial charge on any atom is 0.283 e. The van der Waals surface area contributed by atoms with Crippen molar-refractivity contribution in [2.24, 2.45) is 0 Å². The van der Waals surface area contributed by atoms with Gasteiger partial charge in [-0.3, -0.25) is 0 Å². The number of hydrogen-bond donors (Lipinski definition) is 0. The van der Waals surface area contributed by atoms with E-state index in [2.05, 4.69) is 21.0 Å². The van der Waals surface area contributed by atoms with Gasteiger partial charge in [0.25, 0.3) is 10.0 Å². The predicted octanol–water partition coefficient (Wildman–Crippen LogP) is 3.65. The van der Waals surface area contributed by atoms with Crippen LogP contribution < -0.4 is 0 Å². The SMILES string of the molecule is Cc1ccc(S(=O)(=O)n2ncc3c(C)c(Br)ccc32)cc1. The molecule has 21 heavy (non-hydrogen) atoms. The van der Waals surface area contributed by atoms with Crippen LogP contribution in [0.5, 0.6) is 0 Å². The highest BCUT2D eigenvalue weighted by Crippen LogP contribution is 2.27. The van der Waals surface area contributed by atoms with Crippen LogP contribution in [0, 0.1) is 13.8 Å². The van der Waals surface area contributed by atoms with Gasteiger partial charge in [-0.05, 0) is 43.7 Å². The quantitative estimate of drug-likeness (QED) is 0.697. The minimum Gasteiger partial charge on any atom is -0.199 e. The summed E-state index contributed by atoms with van der Waals surface area (Å²) >= 11 is 3.44. The first kappa shape index (κ1) is 14.3. The van der Waals surface area contributed by atoms with E-state index in [-0.39, 0.29) is 4.90 Å². The van der Waals surface area contributed by atoms with E-state index in [1.807, 2.05) is 19.9 Å². The molecule has 2 aromatic carbocycles. The van der Waals surface area contributed by atoms with Gasteiger partial charge < -0.3 is 0 Å². The van der Waals surface area contributed by atoms with Crippen LogP contribution in [-0.2, 0) is 10.0 Å². The number of halogens is 1. The van der Waals surface area contributed by atoms with E-state index in [4.69, 9.17) is 0 Å². The maximum atomic E-state index is 12.7. The first-order valence-electron chi connectivity index (χ1n) is 6.36. The fourth-order valence-corrected chi connectivity index (χ4v) is 3.81. The average molecular weight is 365 g/mol. The second kappa shape index (κ2) is 4.96. The molecule has 0 unspecified atom stereocenters. The Hall–Kier alpha value is -1.66. The molecule has 0 spiro atoms. The van der Waals surface area contributed by atoms with Crippen molar-refractivity contribution in [2.45, 2.75) is 18.7 Å². The minimum absolute atomic E-state index is 0.235. The van der Waals surface area contributed by atoms with E-state index >= 15 is 0 Å².